The minimum Gasteiger partial charge on any atom is -0.380 e. The number of guanidine groups is 1. The van der Waals surface area contributed by atoms with Gasteiger partial charge in [0.1, 0.15) is 0 Å². The summed E-state index contributed by atoms with van der Waals surface area (Å²) in [6, 6.07) is 12.9. The van der Waals surface area contributed by atoms with Crippen LogP contribution in [0.4, 0.5) is 11.4 Å². The summed E-state index contributed by atoms with van der Waals surface area (Å²) >= 11 is 0. The van der Waals surface area contributed by atoms with Crippen molar-refractivity contribution >= 4 is 17.3 Å². The van der Waals surface area contributed by atoms with Crippen LogP contribution in [0.3, 0.4) is 0 Å². The van der Waals surface area contributed by atoms with Gasteiger partial charge in [-0.3, -0.25) is 4.99 Å². The number of nitrogens with zero attached hydrogens (tertiary/aromatic N) is 3. The van der Waals surface area contributed by atoms with Gasteiger partial charge in [-0.05, 0) is 38.0 Å². The highest BCUT2D eigenvalue weighted by Crippen LogP contribution is 2.32. The standard InChI is InChI=1S/C21H27N3O/c1-15-12-16(2)20(17(3)13-15)24-11-10-23(21(24)22-4)19-9-7-6-8-18(19)14-25-5/h6-9,12-13H,10-11,14H2,1-5H3. The number of hydrogen-bond acceptors (Lipinski definition) is 2. The van der Waals surface area contributed by atoms with E-state index in [0.29, 0.717) is 6.61 Å². The first-order chi connectivity index (χ1) is 12.1. The fourth-order valence-electron chi connectivity index (χ4n) is 3.88. The van der Waals surface area contributed by atoms with Gasteiger partial charge in [0.15, 0.2) is 0 Å². The van der Waals surface area contributed by atoms with E-state index in [1.54, 1.807) is 7.11 Å². The number of benzene rings is 2. The molecule has 0 aliphatic carbocycles. The van der Waals surface area contributed by atoms with Gasteiger partial charge in [0, 0.05) is 44.2 Å². The van der Waals surface area contributed by atoms with Crippen molar-refractivity contribution in [1.29, 1.82) is 0 Å². The van der Waals surface area contributed by atoms with Crippen LogP contribution in [0.2, 0.25) is 0 Å². The summed E-state index contributed by atoms with van der Waals surface area (Å²) in [5.41, 5.74) is 7.53. The molecule has 0 bridgehead atoms. The van der Waals surface area contributed by atoms with E-state index in [9.17, 15) is 0 Å². The Morgan fingerprint density at radius 3 is 2.28 bits per heavy atom. The van der Waals surface area contributed by atoms with E-state index >= 15 is 0 Å². The van der Waals surface area contributed by atoms with Crippen molar-refractivity contribution in [3.05, 3.63) is 58.7 Å². The molecule has 1 heterocycles. The molecule has 1 aliphatic rings. The van der Waals surface area contributed by atoms with Gasteiger partial charge in [0.25, 0.3) is 0 Å². The summed E-state index contributed by atoms with van der Waals surface area (Å²) in [6.45, 7) is 8.97. The molecule has 132 valence electrons. The van der Waals surface area contributed by atoms with Crippen molar-refractivity contribution < 1.29 is 4.74 Å². The van der Waals surface area contributed by atoms with Crippen LogP contribution in [0.1, 0.15) is 22.3 Å². The predicted molar refractivity (Wildman–Crippen MR) is 106 cm³/mol. The molecule has 1 saturated heterocycles. The Morgan fingerprint density at radius 1 is 1.00 bits per heavy atom. The summed E-state index contributed by atoms with van der Waals surface area (Å²) in [6.07, 6.45) is 0. The van der Waals surface area contributed by atoms with Crippen LogP contribution in [-0.4, -0.2) is 33.2 Å². The molecule has 0 amide bonds. The number of anilines is 2. The quantitative estimate of drug-likeness (QED) is 0.842. The molecule has 1 fully saturated rings. The third kappa shape index (κ3) is 3.27. The molecule has 2 aromatic carbocycles. The number of methoxy groups -OCH3 is 1. The Morgan fingerprint density at radius 2 is 1.64 bits per heavy atom. The minimum atomic E-state index is 0.603. The van der Waals surface area contributed by atoms with E-state index in [1.807, 2.05) is 7.05 Å². The fourth-order valence-corrected chi connectivity index (χ4v) is 3.88. The third-order valence-corrected chi connectivity index (χ3v) is 4.72. The van der Waals surface area contributed by atoms with E-state index in [-0.39, 0.29) is 0 Å². The Bertz CT molecular complexity index is 774. The second-order valence-electron chi connectivity index (χ2n) is 6.64. The first kappa shape index (κ1) is 17.5. The van der Waals surface area contributed by atoms with Crippen LogP contribution in [-0.2, 0) is 11.3 Å². The lowest BCUT2D eigenvalue weighted by Gasteiger charge is -2.27. The van der Waals surface area contributed by atoms with Crippen molar-refractivity contribution in [1.82, 2.24) is 0 Å². The molecular weight excluding hydrogens is 310 g/mol. The highest BCUT2D eigenvalue weighted by Gasteiger charge is 2.31. The topological polar surface area (TPSA) is 28.1 Å². The SMILES string of the molecule is CN=C1N(c2ccccc2COC)CCN1c1c(C)cc(C)cc1C. The number of hydrogen-bond donors (Lipinski definition) is 0. The predicted octanol–water partition coefficient (Wildman–Crippen LogP) is 4.07. The van der Waals surface area contributed by atoms with Crippen molar-refractivity contribution in [2.75, 3.05) is 37.0 Å². The zero-order chi connectivity index (χ0) is 18.0. The van der Waals surface area contributed by atoms with Gasteiger partial charge in [-0.2, -0.15) is 0 Å². The van der Waals surface area contributed by atoms with E-state index in [1.165, 1.54) is 33.6 Å². The average Bonchev–Trinajstić information content (AvgIpc) is 2.98. The van der Waals surface area contributed by atoms with Gasteiger partial charge >= 0.3 is 0 Å². The van der Waals surface area contributed by atoms with Crippen LogP contribution >= 0.6 is 0 Å². The minimum absolute atomic E-state index is 0.603. The average molecular weight is 337 g/mol. The lowest BCUT2D eigenvalue weighted by atomic mass is 10.0. The molecule has 0 spiro atoms. The van der Waals surface area contributed by atoms with Gasteiger partial charge in [-0.15, -0.1) is 0 Å². The molecular formula is C21H27N3O. The molecule has 0 aromatic heterocycles. The second kappa shape index (κ2) is 7.28. The van der Waals surface area contributed by atoms with E-state index in [2.05, 4.69) is 72.0 Å². The molecule has 1 aliphatic heterocycles. The highest BCUT2D eigenvalue weighted by molar-refractivity contribution is 6.10. The van der Waals surface area contributed by atoms with Gasteiger partial charge < -0.3 is 14.5 Å². The van der Waals surface area contributed by atoms with Crippen LogP contribution in [0.5, 0.6) is 0 Å². The van der Waals surface area contributed by atoms with Crippen molar-refractivity contribution in [2.45, 2.75) is 27.4 Å². The van der Waals surface area contributed by atoms with E-state index < -0.39 is 0 Å². The Hall–Kier alpha value is -2.33. The lowest BCUT2D eigenvalue weighted by Crippen LogP contribution is -2.35. The Balaban J connectivity index is 2.01. The van der Waals surface area contributed by atoms with Crippen LogP contribution in [0.25, 0.3) is 0 Å². The molecule has 0 radical (unpaired) electrons. The maximum Gasteiger partial charge on any atom is 0.205 e. The largest absolute Gasteiger partial charge is 0.380 e. The monoisotopic (exact) mass is 337 g/mol. The molecule has 25 heavy (non-hydrogen) atoms. The van der Waals surface area contributed by atoms with Crippen LogP contribution in [0, 0.1) is 20.8 Å². The Kier molecular flexibility index (Phi) is 5.09. The Labute approximate surface area is 150 Å². The molecule has 4 heteroatoms. The summed E-state index contributed by atoms with van der Waals surface area (Å²) < 4.78 is 5.38. The van der Waals surface area contributed by atoms with E-state index in [4.69, 9.17) is 4.74 Å². The van der Waals surface area contributed by atoms with Crippen LogP contribution in [0.15, 0.2) is 41.4 Å². The first-order valence-corrected chi connectivity index (χ1v) is 8.73. The maximum absolute atomic E-state index is 5.38. The third-order valence-electron chi connectivity index (χ3n) is 4.72. The van der Waals surface area contributed by atoms with Crippen molar-refractivity contribution in [3.63, 3.8) is 0 Å². The molecule has 0 saturated carbocycles. The highest BCUT2D eigenvalue weighted by atomic mass is 16.5. The molecule has 0 unspecified atom stereocenters. The van der Waals surface area contributed by atoms with Crippen molar-refractivity contribution in [2.24, 2.45) is 4.99 Å². The zero-order valence-corrected chi connectivity index (χ0v) is 15.8. The number of ether oxygens (including phenoxy) is 1. The molecule has 0 N–H and O–H groups in total. The summed E-state index contributed by atoms with van der Waals surface area (Å²) in [4.78, 5) is 9.28. The second-order valence-corrected chi connectivity index (χ2v) is 6.64. The molecule has 4 nitrogen and oxygen atoms in total. The lowest BCUT2D eigenvalue weighted by molar-refractivity contribution is 0.185. The summed E-state index contributed by atoms with van der Waals surface area (Å²) in [5, 5.41) is 0. The number of aliphatic imine (C=N–C) groups is 1. The van der Waals surface area contributed by atoms with Gasteiger partial charge in [0.05, 0.1) is 6.61 Å². The zero-order valence-electron chi connectivity index (χ0n) is 15.8. The molecule has 3 rings (SSSR count). The van der Waals surface area contributed by atoms with Crippen molar-refractivity contribution in [3.8, 4) is 0 Å². The van der Waals surface area contributed by atoms with Gasteiger partial charge in [-0.1, -0.05) is 35.9 Å². The number of rotatable bonds is 4. The van der Waals surface area contributed by atoms with Gasteiger partial charge in [-0.25, -0.2) is 0 Å². The normalized spacial score (nSPS) is 16.1. The smallest absolute Gasteiger partial charge is 0.205 e. The van der Waals surface area contributed by atoms with Crippen LogP contribution < -0.4 is 9.80 Å². The number of aryl methyl sites for hydroxylation is 3. The summed E-state index contributed by atoms with van der Waals surface area (Å²) in [5.74, 6) is 0.999. The number of para-hydroxylation sites is 1. The molecule has 0 atom stereocenters. The maximum atomic E-state index is 5.38. The van der Waals surface area contributed by atoms with E-state index in [0.717, 1.165) is 19.0 Å². The van der Waals surface area contributed by atoms with Gasteiger partial charge in [0.2, 0.25) is 5.96 Å². The first-order valence-electron chi connectivity index (χ1n) is 8.73. The summed E-state index contributed by atoms with van der Waals surface area (Å²) in [7, 11) is 3.61. The molecule has 2 aromatic rings. The fraction of sp³-hybridized carbons (Fsp3) is 0.381.